The van der Waals surface area contributed by atoms with Crippen LogP contribution in [0.3, 0.4) is 0 Å². The van der Waals surface area contributed by atoms with E-state index in [0.29, 0.717) is 6.61 Å². The van der Waals surface area contributed by atoms with Crippen LogP contribution in [0.4, 0.5) is 0 Å². The molecule has 0 radical (unpaired) electrons. The number of hydrogen-bond donors (Lipinski definition) is 0. The van der Waals surface area contributed by atoms with Crippen LogP contribution in [0.1, 0.15) is 26.3 Å². The quantitative estimate of drug-likeness (QED) is 0.734. The Labute approximate surface area is 103 Å². The number of benzene rings is 1. The molecule has 1 aromatic rings. The molecule has 3 heteroatoms. The summed E-state index contributed by atoms with van der Waals surface area (Å²) in [7, 11) is 1.93. The van der Waals surface area contributed by atoms with Gasteiger partial charge in [0.05, 0.1) is 6.61 Å². The molecule has 0 bridgehead atoms. The molecule has 0 N–H and O–H groups in total. The fraction of sp³-hybridized carbons (Fsp3) is 0.500. The Morgan fingerprint density at radius 1 is 1.29 bits per heavy atom. The van der Waals surface area contributed by atoms with Crippen LogP contribution in [0, 0.1) is 0 Å². The van der Waals surface area contributed by atoms with Crippen molar-refractivity contribution < 1.29 is 9.53 Å². The summed E-state index contributed by atoms with van der Waals surface area (Å²) >= 11 is 0. The Hall–Kier alpha value is -1.35. The second-order valence-corrected chi connectivity index (χ2v) is 4.62. The van der Waals surface area contributed by atoms with Gasteiger partial charge in [0.1, 0.15) is 5.54 Å². The van der Waals surface area contributed by atoms with Crippen LogP contribution in [0.25, 0.3) is 0 Å². The van der Waals surface area contributed by atoms with Gasteiger partial charge in [-0.1, -0.05) is 30.3 Å². The molecular formula is C14H21NO2. The van der Waals surface area contributed by atoms with Crippen molar-refractivity contribution in [3.63, 3.8) is 0 Å². The van der Waals surface area contributed by atoms with Crippen molar-refractivity contribution in [2.75, 3.05) is 13.7 Å². The van der Waals surface area contributed by atoms with E-state index in [2.05, 4.69) is 12.1 Å². The summed E-state index contributed by atoms with van der Waals surface area (Å²) in [6, 6.07) is 10.1. The molecular weight excluding hydrogens is 214 g/mol. The van der Waals surface area contributed by atoms with E-state index >= 15 is 0 Å². The van der Waals surface area contributed by atoms with Crippen LogP contribution in [0.15, 0.2) is 30.3 Å². The van der Waals surface area contributed by atoms with Crippen molar-refractivity contribution in [2.45, 2.75) is 32.9 Å². The molecule has 0 heterocycles. The van der Waals surface area contributed by atoms with E-state index in [1.54, 1.807) is 0 Å². The maximum absolute atomic E-state index is 11.8. The summed E-state index contributed by atoms with van der Waals surface area (Å²) in [6.45, 7) is 6.74. The lowest BCUT2D eigenvalue weighted by molar-refractivity contribution is -0.155. The summed E-state index contributed by atoms with van der Waals surface area (Å²) in [6.07, 6.45) is 0. The maximum Gasteiger partial charge on any atom is 0.325 e. The molecule has 0 atom stereocenters. The number of nitrogens with zero attached hydrogens (tertiary/aromatic N) is 1. The lowest BCUT2D eigenvalue weighted by atomic mass is 10.0. The molecule has 0 aliphatic rings. The van der Waals surface area contributed by atoms with Gasteiger partial charge in [-0.3, -0.25) is 9.69 Å². The predicted molar refractivity (Wildman–Crippen MR) is 68.6 cm³/mol. The monoisotopic (exact) mass is 235 g/mol. The van der Waals surface area contributed by atoms with Crippen LogP contribution >= 0.6 is 0 Å². The number of rotatable bonds is 5. The minimum atomic E-state index is -0.605. The average Bonchev–Trinajstić information content (AvgIpc) is 2.30. The van der Waals surface area contributed by atoms with Crippen molar-refractivity contribution in [1.29, 1.82) is 0 Å². The van der Waals surface area contributed by atoms with Crippen molar-refractivity contribution in [3.8, 4) is 0 Å². The maximum atomic E-state index is 11.8. The molecule has 0 unspecified atom stereocenters. The third-order valence-corrected chi connectivity index (χ3v) is 2.99. The fourth-order valence-corrected chi connectivity index (χ4v) is 1.52. The van der Waals surface area contributed by atoms with Gasteiger partial charge in [0.2, 0.25) is 0 Å². The zero-order chi connectivity index (χ0) is 12.9. The van der Waals surface area contributed by atoms with Crippen molar-refractivity contribution in [3.05, 3.63) is 35.9 Å². The predicted octanol–water partition coefficient (Wildman–Crippen LogP) is 2.46. The topological polar surface area (TPSA) is 29.5 Å². The Morgan fingerprint density at radius 2 is 1.88 bits per heavy atom. The van der Waals surface area contributed by atoms with Gasteiger partial charge in [-0.25, -0.2) is 0 Å². The Balaban J connectivity index is 2.69. The van der Waals surface area contributed by atoms with E-state index < -0.39 is 5.54 Å². The van der Waals surface area contributed by atoms with Gasteiger partial charge in [0, 0.05) is 6.54 Å². The molecule has 0 aromatic heterocycles. The second-order valence-electron chi connectivity index (χ2n) is 4.62. The molecule has 0 saturated carbocycles. The van der Waals surface area contributed by atoms with Gasteiger partial charge in [-0.05, 0) is 33.4 Å². The van der Waals surface area contributed by atoms with Crippen LogP contribution < -0.4 is 0 Å². The van der Waals surface area contributed by atoms with Gasteiger partial charge < -0.3 is 4.74 Å². The van der Waals surface area contributed by atoms with Crippen LogP contribution in [0.2, 0.25) is 0 Å². The SMILES string of the molecule is CCOC(=O)C(C)(C)N(C)Cc1ccccc1. The van der Waals surface area contributed by atoms with Crippen molar-refractivity contribution in [2.24, 2.45) is 0 Å². The number of hydrogen-bond acceptors (Lipinski definition) is 3. The third kappa shape index (κ3) is 3.56. The van der Waals surface area contributed by atoms with Gasteiger partial charge in [-0.2, -0.15) is 0 Å². The van der Waals surface area contributed by atoms with Gasteiger partial charge in [-0.15, -0.1) is 0 Å². The molecule has 94 valence electrons. The molecule has 0 spiro atoms. The number of likely N-dealkylation sites (N-methyl/N-ethyl adjacent to an activating group) is 1. The first-order valence-electron chi connectivity index (χ1n) is 5.91. The largest absolute Gasteiger partial charge is 0.465 e. The fourth-order valence-electron chi connectivity index (χ4n) is 1.52. The number of esters is 1. The number of carbonyl (C=O) groups excluding carboxylic acids is 1. The Morgan fingerprint density at radius 3 is 2.41 bits per heavy atom. The minimum Gasteiger partial charge on any atom is -0.465 e. The van der Waals surface area contributed by atoms with Gasteiger partial charge in [0.25, 0.3) is 0 Å². The number of carbonyl (C=O) groups is 1. The summed E-state index contributed by atoms with van der Waals surface area (Å²) in [5.74, 6) is -0.182. The summed E-state index contributed by atoms with van der Waals surface area (Å²) in [5, 5.41) is 0. The molecule has 0 fully saturated rings. The van der Waals surface area contributed by atoms with Crippen molar-refractivity contribution in [1.82, 2.24) is 4.90 Å². The molecule has 17 heavy (non-hydrogen) atoms. The van der Waals surface area contributed by atoms with E-state index in [1.807, 2.05) is 50.9 Å². The van der Waals surface area contributed by atoms with Crippen molar-refractivity contribution >= 4 is 5.97 Å². The molecule has 1 aromatic carbocycles. The van der Waals surface area contributed by atoms with Gasteiger partial charge >= 0.3 is 5.97 Å². The standard InChI is InChI=1S/C14H21NO2/c1-5-17-13(16)14(2,3)15(4)11-12-9-7-6-8-10-12/h6-10H,5,11H2,1-4H3. The lowest BCUT2D eigenvalue weighted by Gasteiger charge is -2.33. The highest BCUT2D eigenvalue weighted by atomic mass is 16.5. The van der Waals surface area contributed by atoms with E-state index in [0.717, 1.165) is 6.54 Å². The zero-order valence-electron chi connectivity index (χ0n) is 11.1. The molecule has 0 aliphatic heterocycles. The molecule has 0 saturated heterocycles. The van der Waals surface area contributed by atoms with E-state index in [-0.39, 0.29) is 5.97 Å². The smallest absolute Gasteiger partial charge is 0.325 e. The molecule has 1 rings (SSSR count). The lowest BCUT2D eigenvalue weighted by Crippen LogP contribution is -2.48. The van der Waals surface area contributed by atoms with Gasteiger partial charge in [0.15, 0.2) is 0 Å². The van der Waals surface area contributed by atoms with E-state index in [9.17, 15) is 4.79 Å². The Bertz CT molecular complexity index is 360. The van der Waals surface area contributed by atoms with E-state index in [4.69, 9.17) is 4.74 Å². The molecule has 0 amide bonds. The normalized spacial score (nSPS) is 11.6. The third-order valence-electron chi connectivity index (χ3n) is 2.99. The highest BCUT2D eigenvalue weighted by Gasteiger charge is 2.33. The highest BCUT2D eigenvalue weighted by molar-refractivity contribution is 5.79. The van der Waals surface area contributed by atoms with Crippen LogP contribution in [-0.4, -0.2) is 30.1 Å². The minimum absolute atomic E-state index is 0.182. The first-order chi connectivity index (χ1) is 7.98. The Kier molecular flexibility index (Phi) is 4.70. The first-order valence-corrected chi connectivity index (χ1v) is 5.91. The van der Waals surface area contributed by atoms with Crippen LogP contribution in [-0.2, 0) is 16.1 Å². The summed E-state index contributed by atoms with van der Waals surface area (Å²) in [4.78, 5) is 13.8. The van der Waals surface area contributed by atoms with E-state index in [1.165, 1.54) is 5.56 Å². The average molecular weight is 235 g/mol. The highest BCUT2D eigenvalue weighted by Crippen LogP contribution is 2.17. The molecule has 0 aliphatic carbocycles. The summed E-state index contributed by atoms with van der Waals surface area (Å²) in [5.41, 5.74) is 0.582. The second kappa shape index (κ2) is 5.82. The molecule has 3 nitrogen and oxygen atoms in total. The van der Waals surface area contributed by atoms with Crippen LogP contribution in [0.5, 0.6) is 0 Å². The summed E-state index contributed by atoms with van der Waals surface area (Å²) < 4.78 is 5.08. The first kappa shape index (κ1) is 13.7. The number of ether oxygens (including phenoxy) is 1. The zero-order valence-corrected chi connectivity index (χ0v) is 11.1.